The number of benzene rings is 1. The lowest BCUT2D eigenvalue weighted by molar-refractivity contribution is -0.199. The van der Waals surface area contributed by atoms with Crippen molar-refractivity contribution in [3.05, 3.63) is 51.5 Å². The Bertz CT molecular complexity index is 932. The van der Waals surface area contributed by atoms with Crippen LogP contribution in [0.25, 0.3) is 4.85 Å². The highest BCUT2D eigenvalue weighted by Crippen LogP contribution is 2.63. The summed E-state index contributed by atoms with van der Waals surface area (Å²) in [5.74, 6) is 7.40. The summed E-state index contributed by atoms with van der Waals surface area (Å²) in [4.78, 5) is 7.66. The van der Waals surface area contributed by atoms with Crippen LogP contribution < -0.4 is 10.1 Å². The van der Waals surface area contributed by atoms with Gasteiger partial charge in [-0.2, -0.15) is 5.90 Å². The van der Waals surface area contributed by atoms with E-state index in [2.05, 4.69) is 46.2 Å². The van der Waals surface area contributed by atoms with Gasteiger partial charge in [-0.3, -0.25) is 0 Å². The Morgan fingerprint density at radius 1 is 1.37 bits per heavy atom. The predicted octanol–water partition coefficient (Wildman–Crippen LogP) is 5.57. The monoisotopic (exact) mass is 425 g/mol. The van der Waals surface area contributed by atoms with Crippen molar-refractivity contribution in [2.45, 2.75) is 64.7 Å². The molecule has 2 N–H and O–H groups in total. The molecule has 7 heteroatoms. The zero-order valence-corrected chi connectivity index (χ0v) is 18.3. The van der Waals surface area contributed by atoms with Gasteiger partial charge in [0.2, 0.25) is 0 Å². The quantitative estimate of drug-likeness (QED) is 0.166. The van der Waals surface area contributed by atoms with Crippen LogP contribution >= 0.6 is 12.3 Å². The van der Waals surface area contributed by atoms with Gasteiger partial charge < -0.3 is 4.18 Å². The van der Waals surface area contributed by atoms with E-state index in [4.69, 9.17) is 16.7 Å². The maximum absolute atomic E-state index is 9.46. The fourth-order valence-electron chi connectivity index (χ4n) is 6.43. The molecule has 30 heavy (non-hydrogen) atoms. The van der Waals surface area contributed by atoms with E-state index in [0.29, 0.717) is 23.5 Å². The molecule has 6 nitrogen and oxygen atoms in total. The smallest absolute Gasteiger partial charge is 0.261 e. The molecule has 0 unspecified atom stereocenters. The normalized spacial score (nSPS) is 31.0. The van der Waals surface area contributed by atoms with E-state index < -0.39 is 0 Å². The number of allylic oxidation sites excluding steroid dienone is 2. The highest BCUT2D eigenvalue weighted by atomic mass is 32.2. The molecular weight excluding hydrogens is 398 g/mol. The molecule has 4 atom stereocenters. The highest BCUT2D eigenvalue weighted by molar-refractivity contribution is 7.90. The van der Waals surface area contributed by atoms with Crippen LogP contribution in [-0.4, -0.2) is 0 Å². The van der Waals surface area contributed by atoms with Crippen LogP contribution in [0.1, 0.15) is 68.6 Å². The molecule has 2 saturated carbocycles. The number of nitrogens with two attached hydrogens (primary N) is 1. The summed E-state index contributed by atoms with van der Waals surface area (Å²) in [7, 11) is 0. The molecule has 0 aromatic heterocycles. The summed E-state index contributed by atoms with van der Waals surface area (Å²) in [6.07, 6.45) is 7.18. The van der Waals surface area contributed by atoms with E-state index in [-0.39, 0.29) is 5.41 Å². The van der Waals surface area contributed by atoms with Gasteiger partial charge in [-0.15, -0.1) is 9.32 Å². The van der Waals surface area contributed by atoms with Crippen LogP contribution in [0.15, 0.2) is 23.4 Å². The molecule has 4 rings (SSSR count). The Morgan fingerprint density at radius 3 is 2.90 bits per heavy atom. The van der Waals surface area contributed by atoms with Crippen LogP contribution in [-0.2, 0) is 22.2 Å². The Hall–Kier alpha value is -2.03. The van der Waals surface area contributed by atoms with Crippen LogP contribution in [0.2, 0.25) is 0 Å². The first-order valence-electron chi connectivity index (χ1n) is 10.6. The van der Waals surface area contributed by atoms with Gasteiger partial charge in [0.25, 0.3) is 18.0 Å². The summed E-state index contributed by atoms with van der Waals surface area (Å²) >= 11 is 0.726. The molecule has 3 aliphatic rings. The van der Waals surface area contributed by atoms with Crippen molar-refractivity contribution in [1.29, 1.82) is 5.26 Å². The molecule has 3 aliphatic carbocycles. The van der Waals surface area contributed by atoms with E-state index >= 15 is 0 Å². The van der Waals surface area contributed by atoms with Gasteiger partial charge in [-0.25, -0.2) is 10.1 Å². The van der Waals surface area contributed by atoms with E-state index in [0.717, 1.165) is 74.2 Å². The number of aryl methyl sites for hydroxylation is 2. The average Bonchev–Trinajstić information content (AvgIpc) is 3.11. The van der Waals surface area contributed by atoms with Gasteiger partial charge in [-0.05, 0) is 96.4 Å². The molecular formula is C23H27N3O3S. The van der Waals surface area contributed by atoms with Crippen molar-refractivity contribution in [3.63, 3.8) is 0 Å². The lowest BCUT2D eigenvalue weighted by atomic mass is 9.55. The predicted molar refractivity (Wildman–Crippen MR) is 114 cm³/mol. The Labute approximate surface area is 182 Å². The van der Waals surface area contributed by atoms with E-state index in [1.165, 1.54) is 11.1 Å². The minimum absolute atomic E-state index is 0.00111. The molecule has 158 valence electrons. The zero-order chi connectivity index (χ0) is 21.3. The van der Waals surface area contributed by atoms with Crippen molar-refractivity contribution < 1.29 is 13.5 Å². The fraction of sp³-hybridized carbons (Fsp3) is 0.565. The number of hydrogen-bond donors (Lipinski definition) is 1. The number of rotatable bonds is 5. The van der Waals surface area contributed by atoms with Gasteiger partial charge in [0, 0.05) is 0 Å². The molecule has 0 heterocycles. The second-order valence-electron chi connectivity index (χ2n) is 8.79. The third kappa shape index (κ3) is 3.40. The molecule has 1 aromatic carbocycles. The van der Waals surface area contributed by atoms with Crippen molar-refractivity contribution in [1.82, 2.24) is 0 Å². The molecule has 2 fully saturated rings. The minimum Gasteiger partial charge on any atom is -0.398 e. The number of nitriles is 1. The largest absolute Gasteiger partial charge is 0.398 e. The fourth-order valence-corrected chi connectivity index (χ4v) is 6.72. The summed E-state index contributed by atoms with van der Waals surface area (Å²) in [6, 6.07) is 6.63. The second-order valence-corrected chi connectivity index (χ2v) is 9.23. The standard InChI is InChI=1S/C23H27N3O3S/c1-4-14-11-18-15(12-22(14)27-30-29-28-25)5-6-17-16(18)9-10-23(2)19(17)7-8-20(23)21(13-24)26-3/h11-12,16-17,19H,4-10,25H2,1-2H3/t16-,17+,19-,23-/m0/s1. The van der Waals surface area contributed by atoms with Crippen molar-refractivity contribution >= 4 is 12.3 Å². The molecule has 0 bridgehead atoms. The van der Waals surface area contributed by atoms with Gasteiger partial charge >= 0.3 is 0 Å². The topological polar surface area (TPSA) is 81.9 Å². The molecule has 0 radical (unpaired) electrons. The van der Waals surface area contributed by atoms with Crippen LogP contribution in [0.3, 0.4) is 0 Å². The van der Waals surface area contributed by atoms with E-state index in [1.54, 1.807) is 0 Å². The van der Waals surface area contributed by atoms with Crippen molar-refractivity contribution in [3.8, 4) is 11.8 Å². The average molecular weight is 426 g/mol. The Balaban J connectivity index is 1.65. The zero-order valence-electron chi connectivity index (χ0n) is 17.4. The summed E-state index contributed by atoms with van der Waals surface area (Å²) in [5, 5.41) is 9.46. The van der Waals surface area contributed by atoms with Crippen LogP contribution in [0.5, 0.6) is 5.75 Å². The first kappa shape index (κ1) is 21.2. The van der Waals surface area contributed by atoms with E-state index in [1.807, 2.05) is 0 Å². The second kappa shape index (κ2) is 8.61. The maximum atomic E-state index is 9.46. The first-order valence-corrected chi connectivity index (χ1v) is 11.3. The van der Waals surface area contributed by atoms with Crippen LogP contribution in [0.4, 0.5) is 0 Å². The Morgan fingerprint density at radius 2 is 2.20 bits per heavy atom. The van der Waals surface area contributed by atoms with E-state index in [9.17, 15) is 5.26 Å². The number of nitrogens with zero attached hydrogens (tertiary/aromatic N) is 2. The van der Waals surface area contributed by atoms with Gasteiger partial charge in [0.05, 0.1) is 12.6 Å². The first-order chi connectivity index (χ1) is 14.6. The van der Waals surface area contributed by atoms with Crippen molar-refractivity contribution in [2.24, 2.45) is 23.1 Å². The summed E-state index contributed by atoms with van der Waals surface area (Å²) in [6.45, 7) is 11.9. The molecule has 0 aliphatic heterocycles. The molecule has 1 aromatic rings. The van der Waals surface area contributed by atoms with Crippen LogP contribution in [0, 0.1) is 35.2 Å². The highest BCUT2D eigenvalue weighted by Gasteiger charge is 2.53. The molecule has 0 saturated heterocycles. The van der Waals surface area contributed by atoms with Gasteiger partial charge in [0.1, 0.15) is 5.75 Å². The SMILES string of the molecule is [C-]#[N+]C(C#N)=C1CC[C@H]2[C@@H]3CCc4cc(OSOON)c(CC)cc4[C@H]3CC[C@]12C. The van der Waals surface area contributed by atoms with Crippen molar-refractivity contribution in [2.75, 3.05) is 0 Å². The summed E-state index contributed by atoms with van der Waals surface area (Å²) in [5.41, 5.74) is 5.43. The third-order valence-corrected chi connectivity index (χ3v) is 8.15. The lowest BCUT2D eigenvalue weighted by Crippen LogP contribution is -2.40. The molecule has 0 spiro atoms. The minimum atomic E-state index is 0.00111. The molecule has 0 amide bonds. The van der Waals surface area contributed by atoms with Gasteiger partial charge in [0.15, 0.2) is 0 Å². The number of fused-ring (bicyclic) bond motifs is 5. The lowest BCUT2D eigenvalue weighted by Gasteiger charge is -2.50. The maximum Gasteiger partial charge on any atom is 0.261 e. The third-order valence-electron chi connectivity index (χ3n) is 7.77. The van der Waals surface area contributed by atoms with Gasteiger partial charge in [-0.1, -0.05) is 19.9 Å². The Kier molecular flexibility index (Phi) is 6.09. The summed E-state index contributed by atoms with van der Waals surface area (Å²) < 4.78 is 10.2. The number of hydrogen-bond acceptors (Lipinski definition) is 6.